The van der Waals surface area contributed by atoms with Gasteiger partial charge in [-0.2, -0.15) is 15.5 Å². The van der Waals surface area contributed by atoms with Crippen LogP contribution in [0.2, 0.25) is 5.02 Å². The normalized spacial score (nSPS) is 10.5. The van der Waals surface area contributed by atoms with E-state index in [0.29, 0.717) is 22.9 Å². The van der Waals surface area contributed by atoms with Gasteiger partial charge in [-0.25, -0.2) is 4.68 Å². The second-order valence-corrected chi connectivity index (χ2v) is 6.15. The number of nitriles is 1. The van der Waals surface area contributed by atoms with Crippen LogP contribution in [0, 0.1) is 25.2 Å². The van der Waals surface area contributed by atoms with Gasteiger partial charge in [0.15, 0.2) is 5.82 Å². The first kappa shape index (κ1) is 17.7. The minimum atomic E-state index is -0.233. The molecule has 8 heteroatoms. The summed E-state index contributed by atoms with van der Waals surface area (Å²) in [5, 5.41) is 21.2. The number of para-hydroxylation sites is 1. The highest BCUT2D eigenvalue weighted by atomic mass is 35.5. The fourth-order valence-corrected chi connectivity index (χ4v) is 2.75. The number of anilines is 1. The Morgan fingerprint density at radius 3 is 2.65 bits per heavy atom. The number of benzene rings is 1. The fraction of sp³-hybridized carbons (Fsp3) is 0.222. The van der Waals surface area contributed by atoms with Crippen molar-refractivity contribution >= 4 is 23.3 Å². The average molecular weight is 369 g/mol. The first-order valence-electron chi connectivity index (χ1n) is 8.04. The highest BCUT2D eigenvalue weighted by molar-refractivity contribution is 6.31. The van der Waals surface area contributed by atoms with Gasteiger partial charge in [-0.05, 0) is 26.0 Å². The summed E-state index contributed by atoms with van der Waals surface area (Å²) in [6.07, 6.45) is 1.63. The Labute approximate surface area is 155 Å². The predicted molar refractivity (Wildman–Crippen MR) is 98.2 cm³/mol. The summed E-state index contributed by atoms with van der Waals surface area (Å²) in [7, 11) is 0. The standard InChI is InChI=1S/C18H17ClN6O/c1-12-17(19)13(2)24(23-12)9-8-16(26)22-18-14(10-20)11-21-25(18)15-6-4-3-5-7-15/h3-7,11H,8-9H2,1-2H3,(H,22,26). The first-order valence-corrected chi connectivity index (χ1v) is 8.42. The van der Waals surface area contributed by atoms with Gasteiger partial charge in [0.25, 0.3) is 0 Å². The topological polar surface area (TPSA) is 88.5 Å². The molecular weight excluding hydrogens is 352 g/mol. The number of hydrogen-bond acceptors (Lipinski definition) is 4. The van der Waals surface area contributed by atoms with Crippen LogP contribution in [0.3, 0.4) is 0 Å². The summed E-state index contributed by atoms with van der Waals surface area (Å²) in [6.45, 7) is 4.08. The van der Waals surface area contributed by atoms with E-state index in [1.807, 2.05) is 44.2 Å². The molecular formula is C18H17ClN6O. The molecule has 0 spiro atoms. The predicted octanol–water partition coefficient (Wildman–Crippen LogP) is 3.24. The van der Waals surface area contributed by atoms with Crippen LogP contribution >= 0.6 is 11.6 Å². The Kier molecular flexibility index (Phi) is 5.05. The average Bonchev–Trinajstić information content (AvgIpc) is 3.16. The van der Waals surface area contributed by atoms with Gasteiger partial charge in [-0.15, -0.1) is 0 Å². The molecule has 0 saturated heterocycles. The maximum Gasteiger partial charge on any atom is 0.227 e. The summed E-state index contributed by atoms with van der Waals surface area (Å²) >= 11 is 6.13. The van der Waals surface area contributed by atoms with Crippen molar-refractivity contribution in [2.24, 2.45) is 0 Å². The summed E-state index contributed by atoms with van der Waals surface area (Å²) in [5.41, 5.74) is 2.62. The van der Waals surface area contributed by atoms with Crippen molar-refractivity contribution in [3.63, 3.8) is 0 Å². The van der Waals surface area contributed by atoms with Crippen molar-refractivity contribution < 1.29 is 4.79 Å². The van der Waals surface area contributed by atoms with E-state index in [-0.39, 0.29) is 12.3 Å². The number of nitrogens with one attached hydrogen (secondary N) is 1. The Morgan fingerprint density at radius 1 is 1.31 bits per heavy atom. The molecule has 2 heterocycles. The van der Waals surface area contributed by atoms with Crippen LogP contribution in [0.15, 0.2) is 36.5 Å². The molecule has 2 aromatic heterocycles. The molecule has 132 valence electrons. The third kappa shape index (κ3) is 3.46. The van der Waals surface area contributed by atoms with E-state index in [2.05, 4.69) is 21.6 Å². The van der Waals surface area contributed by atoms with Crippen molar-refractivity contribution in [1.29, 1.82) is 5.26 Å². The molecule has 0 fully saturated rings. The van der Waals surface area contributed by atoms with Gasteiger partial charge in [0.1, 0.15) is 11.6 Å². The molecule has 1 N–H and O–H groups in total. The monoisotopic (exact) mass is 368 g/mol. The number of nitrogens with zero attached hydrogens (tertiary/aromatic N) is 5. The molecule has 0 aliphatic heterocycles. The lowest BCUT2D eigenvalue weighted by Crippen LogP contribution is -2.18. The molecule has 0 radical (unpaired) electrons. The number of halogens is 1. The van der Waals surface area contributed by atoms with Crippen molar-refractivity contribution in [3.8, 4) is 11.8 Å². The van der Waals surface area contributed by atoms with E-state index >= 15 is 0 Å². The summed E-state index contributed by atoms with van der Waals surface area (Å²) < 4.78 is 3.24. The third-order valence-electron chi connectivity index (χ3n) is 3.99. The number of amides is 1. The zero-order chi connectivity index (χ0) is 18.7. The number of carbonyl (C=O) groups is 1. The molecule has 0 aliphatic rings. The highest BCUT2D eigenvalue weighted by Gasteiger charge is 2.16. The van der Waals surface area contributed by atoms with Crippen molar-refractivity contribution in [2.45, 2.75) is 26.8 Å². The molecule has 0 bridgehead atoms. The van der Waals surface area contributed by atoms with Crippen molar-refractivity contribution in [1.82, 2.24) is 19.6 Å². The van der Waals surface area contributed by atoms with Crippen LogP contribution in [-0.4, -0.2) is 25.5 Å². The second kappa shape index (κ2) is 7.42. The molecule has 3 rings (SSSR count). The Bertz CT molecular complexity index is 983. The van der Waals surface area contributed by atoms with Crippen LogP contribution in [-0.2, 0) is 11.3 Å². The zero-order valence-electron chi connectivity index (χ0n) is 14.4. The van der Waals surface area contributed by atoms with Gasteiger partial charge in [0, 0.05) is 6.42 Å². The van der Waals surface area contributed by atoms with E-state index < -0.39 is 0 Å². The quantitative estimate of drug-likeness (QED) is 0.748. The number of rotatable bonds is 5. The van der Waals surface area contributed by atoms with Gasteiger partial charge in [0.2, 0.25) is 5.91 Å². The lowest BCUT2D eigenvalue weighted by molar-refractivity contribution is -0.116. The third-order valence-corrected chi connectivity index (χ3v) is 4.54. The lowest BCUT2D eigenvalue weighted by atomic mass is 10.3. The Morgan fingerprint density at radius 2 is 2.04 bits per heavy atom. The molecule has 0 unspecified atom stereocenters. The van der Waals surface area contributed by atoms with Gasteiger partial charge in [-0.1, -0.05) is 29.8 Å². The Hall–Kier alpha value is -3.11. The van der Waals surface area contributed by atoms with Crippen molar-refractivity contribution in [2.75, 3.05) is 5.32 Å². The van der Waals surface area contributed by atoms with Gasteiger partial charge >= 0.3 is 0 Å². The van der Waals surface area contributed by atoms with Gasteiger partial charge in [-0.3, -0.25) is 9.48 Å². The minimum absolute atomic E-state index is 0.198. The molecule has 26 heavy (non-hydrogen) atoms. The molecule has 1 amide bonds. The van der Waals surface area contributed by atoms with E-state index in [1.165, 1.54) is 10.9 Å². The number of aryl methyl sites for hydroxylation is 2. The van der Waals surface area contributed by atoms with Gasteiger partial charge < -0.3 is 5.32 Å². The highest BCUT2D eigenvalue weighted by Crippen LogP contribution is 2.21. The second-order valence-electron chi connectivity index (χ2n) is 5.77. The molecule has 3 aromatic rings. The summed E-state index contributed by atoms with van der Waals surface area (Å²) in [6, 6.07) is 11.4. The molecule has 7 nitrogen and oxygen atoms in total. The van der Waals surface area contributed by atoms with Crippen LogP contribution in [0.1, 0.15) is 23.4 Å². The number of carbonyl (C=O) groups excluding carboxylic acids is 1. The fourth-order valence-electron chi connectivity index (χ4n) is 2.61. The Balaban J connectivity index is 1.76. The molecule has 0 saturated carbocycles. The van der Waals surface area contributed by atoms with Crippen LogP contribution in [0.4, 0.5) is 5.82 Å². The lowest BCUT2D eigenvalue weighted by Gasteiger charge is -2.10. The largest absolute Gasteiger partial charge is 0.309 e. The van der Waals surface area contributed by atoms with E-state index in [0.717, 1.165) is 17.1 Å². The smallest absolute Gasteiger partial charge is 0.227 e. The number of hydrogen-bond donors (Lipinski definition) is 1. The van der Waals surface area contributed by atoms with Crippen LogP contribution in [0.5, 0.6) is 0 Å². The maximum absolute atomic E-state index is 12.4. The van der Waals surface area contributed by atoms with Gasteiger partial charge in [0.05, 0.1) is 34.8 Å². The summed E-state index contributed by atoms with van der Waals surface area (Å²) in [5.74, 6) is 0.123. The number of aromatic nitrogens is 4. The SMILES string of the molecule is Cc1nn(CCC(=O)Nc2c(C#N)cnn2-c2ccccc2)c(C)c1Cl. The van der Waals surface area contributed by atoms with E-state index in [1.54, 1.807) is 4.68 Å². The molecule has 1 aromatic carbocycles. The summed E-state index contributed by atoms with van der Waals surface area (Å²) in [4.78, 5) is 12.4. The zero-order valence-corrected chi connectivity index (χ0v) is 15.2. The van der Waals surface area contributed by atoms with Crippen LogP contribution < -0.4 is 5.32 Å². The minimum Gasteiger partial charge on any atom is -0.309 e. The molecule has 0 atom stereocenters. The first-order chi connectivity index (χ1) is 12.5. The maximum atomic E-state index is 12.4. The van der Waals surface area contributed by atoms with Crippen molar-refractivity contribution in [3.05, 3.63) is 58.5 Å². The van der Waals surface area contributed by atoms with E-state index in [4.69, 9.17) is 11.6 Å². The van der Waals surface area contributed by atoms with Crippen LogP contribution in [0.25, 0.3) is 5.69 Å². The van der Waals surface area contributed by atoms with E-state index in [9.17, 15) is 10.1 Å². The molecule has 0 aliphatic carbocycles.